The summed E-state index contributed by atoms with van der Waals surface area (Å²) in [5.41, 5.74) is -1.75. The van der Waals surface area contributed by atoms with Crippen molar-refractivity contribution in [2.45, 2.75) is 50.5 Å². The van der Waals surface area contributed by atoms with Gasteiger partial charge in [-0.25, -0.2) is 4.39 Å². The van der Waals surface area contributed by atoms with Crippen LogP contribution in [0.5, 0.6) is 0 Å². The third kappa shape index (κ3) is 5.54. The van der Waals surface area contributed by atoms with E-state index in [1.54, 1.807) is 13.0 Å². The van der Waals surface area contributed by atoms with E-state index >= 15 is 0 Å². The highest BCUT2D eigenvalue weighted by atomic mass is 19.4. The molecule has 1 N–H and O–H groups in total. The zero-order valence-electron chi connectivity index (χ0n) is 18.8. The highest BCUT2D eigenvalue weighted by Crippen LogP contribution is 2.38. The second kappa shape index (κ2) is 9.56. The lowest BCUT2D eigenvalue weighted by Crippen LogP contribution is -2.50. The molecule has 1 aliphatic rings. The van der Waals surface area contributed by atoms with Gasteiger partial charge in [0.1, 0.15) is 5.82 Å². The number of piperidine rings is 1. The monoisotopic (exact) mass is 490 g/mol. The maximum atomic E-state index is 13.6. The molecule has 0 aromatic heterocycles. The van der Waals surface area contributed by atoms with Gasteiger partial charge in [0.2, 0.25) is 5.91 Å². The molecular weight excluding hydrogens is 465 g/mol. The molecule has 1 aliphatic heterocycles. The van der Waals surface area contributed by atoms with E-state index in [0.29, 0.717) is 37.2 Å². The van der Waals surface area contributed by atoms with Gasteiger partial charge >= 0.3 is 12.4 Å². The van der Waals surface area contributed by atoms with E-state index in [-0.39, 0.29) is 23.6 Å². The second-order valence-electron chi connectivity index (χ2n) is 8.68. The van der Waals surface area contributed by atoms with Crippen LogP contribution in [0.4, 0.5) is 30.7 Å². The van der Waals surface area contributed by atoms with E-state index in [1.165, 1.54) is 31.0 Å². The van der Waals surface area contributed by atoms with Crippen LogP contribution in [0.25, 0.3) is 0 Å². The number of nitrogens with one attached hydrogen (secondary N) is 1. The predicted molar refractivity (Wildman–Crippen MR) is 113 cm³/mol. The van der Waals surface area contributed by atoms with Gasteiger partial charge in [0.25, 0.3) is 0 Å². The van der Waals surface area contributed by atoms with E-state index < -0.39 is 41.1 Å². The number of aryl methyl sites for hydroxylation is 1. The third-order valence-corrected chi connectivity index (χ3v) is 6.40. The molecule has 2 aromatic carbocycles. The van der Waals surface area contributed by atoms with Crippen molar-refractivity contribution < 1.29 is 35.5 Å². The number of amides is 1. The average molecular weight is 490 g/mol. The normalized spacial score (nSPS) is 20.2. The van der Waals surface area contributed by atoms with Crippen molar-refractivity contribution in [3.63, 3.8) is 0 Å². The summed E-state index contributed by atoms with van der Waals surface area (Å²) in [4.78, 5) is 14.7. The Morgan fingerprint density at radius 1 is 1.03 bits per heavy atom. The van der Waals surface area contributed by atoms with Crippen molar-refractivity contribution >= 4 is 5.91 Å². The van der Waals surface area contributed by atoms with E-state index in [2.05, 4.69) is 5.32 Å². The van der Waals surface area contributed by atoms with Gasteiger partial charge in [-0.3, -0.25) is 4.79 Å². The van der Waals surface area contributed by atoms with Crippen LogP contribution in [0.2, 0.25) is 0 Å². The van der Waals surface area contributed by atoms with E-state index in [0.717, 1.165) is 5.56 Å². The first-order valence-corrected chi connectivity index (χ1v) is 10.7. The Hall–Kier alpha value is -2.62. The maximum absolute atomic E-state index is 13.6. The quantitative estimate of drug-likeness (QED) is 0.543. The number of rotatable bonds is 4. The minimum atomic E-state index is -5.00. The summed E-state index contributed by atoms with van der Waals surface area (Å²) in [5, 5.41) is 3.23. The molecule has 10 heteroatoms. The lowest BCUT2D eigenvalue weighted by atomic mass is 9.83. The van der Waals surface area contributed by atoms with Crippen LogP contribution in [0.1, 0.15) is 53.0 Å². The lowest BCUT2D eigenvalue weighted by molar-refractivity contribution is -0.143. The highest BCUT2D eigenvalue weighted by Gasteiger charge is 2.39. The number of benzene rings is 2. The van der Waals surface area contributed by atoms with Gasteiger partial charge in [-0.2, -0.15) is 26.3 Å². The summed E-state index contributed by atoms with van der Waals surface area (Å²) >= 11 is 0. The summed E-state index contributed by atoms with van der Waals surface area (Å²) in [7, 11) is 1.50. The van der Waals surface area contributed by atoms with E-state index in [1.807, 2.05) is 0 Å². The first-order chi connectivity index (χ1) is 15.7. The van der Waals surface area contributed by atoms with E-state index in [4.69, 9.17) is 0 Å². The highest BCUT2D eigenvalue weighted by molar-refractivity contribution is 5.83. The van der Waals surface area contributed by atoms with Gasteiger partial charge < -0.3 is 10.2 Å². The van der Waals surface area contributed by atoms with Crippen molar-refractivity contribution in [3.8, 4) is 0 Å². The molecular formula is C24H25F7N2O. The number of carbonyl (C=O) groups is 1. The topological polar surface area (TPSA) is 32.3 Å². The van der Waals surface area contributed by atoms with Gasteiger partial charge in [0.05, 0.1) is 17.0 Å². The van der Waals surface area contributed by atoms with Crippen molar-refractivity contribution in [3.05, 3.63) is 70.0 Å². The molecule has 186 valence electrons. The van der Waals surface area contributed by atoms with Gasteiger partial charge in [0.15, 0.2) is 0 Å². The van der Waals surface area contributed by atoms with Crippen LogP contribution in [0, 0.1) is 12.7 Å². The number of nitrogens with zero attached hydrogens (tertiary/aromatic N) is 1. The smallest absolute Gasteiger partial charge is 0.342 e. The molecule has 0 saturated carbocycles. The fraction of sp³-hybridized carbons (Fsp3) is 0.458. The van der Waals surface area contributed by atoms with E-state index in [9.17, 15) is 35.5 Å². The fourth-order valence-corrected chi connectivity index (χ4v) is 4.52. The molecule has 1 amide bonds. The fourth-order valence-electron chi connectivity index (χ4n) is 4.52. The molecule has 0 aliphatic carbocycles. The van der Waals surface area contributed by atoms with Crippen molar-refractivity contribution in [1.82, 2.24) is 10.2 Å². The summed E-state index contributed by atoms with van der Waals surface area (Å²) in [6.45, 7) is 4.11. The molecule has 0 bridgehead atoms. The summed E-state index contributed by atoms with van der Waals surface area (Å²) < 4.78 is 93.1. The minimum absolute atomic E-state index is 0.0462. The average Bonchev–Trinajstić information content (AvgIpc) is 2.76. The minimum Gasteiger partial charge on any atom is -0.342 e. The van der Waals surface area contributed by atoms with Crippen molar-refractivity contribution in [1.29, 1.82) is 0 Å². The van der Waals surface area contributed by atoms with Crippen LogP contribution < -0.4 is 5.32 Å². The summed E-state index contributed by atoms with van der Waals surface area (Å²) in [5.74, 6) is -2.45. The largest absolute Gasteiger partial charge is 0.416 e. The van der Waals surface area contributed by atoms with Crippen LogP contribution in [0.15, 0.2) is 36.4 Å². The van der Waals surface area contributed by atoms with Crippen LogP contribution in [-0.2, 0) is 17.1 Å². The van der Waals surface area contributed by atoms with Crippen LogP contribution >= 0.6 is 0 Å². The Morgan fingerprint density at radius 2 is 1.62 bits per heavy atom. The first-order valence-electron chi connectivity index (χ1n) is 10.7. The van der Waals surface area contributed by atoms with Crippen LogP contribution in [-0.4, -0.2) is 37.0 Å². The first kappa shape index (κ1) is 26.0. The molecule has 2 aromatic rings. The molecule has 34 heavy (non-hydrogen) atoms. The van der Waals surface area contributed by atoms with Crippen molar-refractivity contribution in [2.24, 2.45) is 0 Å². The standard InChI is InChI=1S/C24H25F7N2O/c1-13-8-18(25)4-5-19(13)20-12-32-7-6-21(20)33(3)22(34)14(2)15-9-16(23(26,27)28)11-17(10-15)24(29,30)31/h4-5,8-11,14,20-21,32H,6-7,12H2,1-3H3/t14-,20-,21+/m1/s1. The number of hydrogen-bond donors (Lipinski definition) is 1. The zero-order valence-corrected chi connectivity index (χ0v) is 18.8. The molecule has 3 nitrogen and oxygen atoms in total. The predicted octanol–water partition coefficient (Wildman–Crippen LogP) is 5.88. The Balaban J connectivity index is 1.94. The molecule has 3 atom stereocenters. The molecule has 1 saturated heterocycles. The molecule has 0 spiro atoms. The van der Waals surface area contributed by atoms with Gasteiger partial charge in [-0.15, -0.1) is 0 Å². The molecule has 0 radical (unpaired) electrons. The number of likely N-dealkylation sites (N-methyl/N-ethyl adjacent to an activating group) is 1. The molecule has 3 rings (SSSR count). The Bertz CT molecular complexity index is 1020. The number of carbonyl (C=O) groups excluding carboxylic acids is 1. The molecule has 0 unspecified atom stereocenters. The number of alkyl halides is 6. The van der Waals surface area contributed by atoms with Gasteiger partial charge in [-0.1, -0.05) is 6.07 Å². The summed E-state index contributed by atoms with van der Waals surface area (Å²) in [6, 6.07) is 5.20. The SMILES string of the molecule is Cc1cc(F)ccc1[C@H]1CNCC[C@@H]1N(C)C(=O)[C@H](C)c1cc(C(F)(F)F)cc(C(F)(F)F)c1. The van der Waals surface area contributed by atoms with Gasteiger partial charge in [-0.05, 0) is 73.8 Å². The number of halogens is 7. The number of hydrogen-bond acceptors (Lipinski definition) is 2. The Morgan fingerprint density at radius 3 is 2.15 bits per heavy atom. The second-order valence-corrected chi connectivity index (χ2v) is 8.68. The zero-order chi connectivity index (χ0) is 25.4. The lowest BCUT2D eigenvalue weighted by Gasteiger charge is -2.40. The van der Waals surface area contributed by atoms with Gasteiger partial charge in [0, 0.05) is 25.6 Å². The molecule has 1 fully saturated rings. The van der Waals surface area contributed by atoms with Crippen LogP contribution in [0.3, 0.4) is 0 Å². The maximum Gasteiger partial charge on any atom is 0.416 e. The van der Waals surface area contributed by atoms with Crippen molar-refractivity contribution in [2.75, 3.05) is 20.1 Å². The summed E-state index contributed by atoms with van der Waals surface area (Å²) in [6.07, 6.45) is -9.47. The Labute approximate surface area is 192 Å². The Kier molecular flexibility index (Phi) is 7.31. The molecule has 1 heterocycles. The third-order valence-electron chi connectivity index (χ3n) is 6.40.